The van der Waals surface area contributed by atoms with E-state index >= 15 is 0 Å². The Morgan fingerprint density at radius 2 is 1.85 bits per heavy atom. The van der Waals surface area contributed by atoms with Crippen molar-refractivity contribution in [1.29, 1.82) is 0 Å². The fourth-order valence-electron chi connectivity index (χ4n) is 1.98. The first-order valence-electron chi connectivity index (χ1n) is 6.12. The van der Waals surface area contributed by atoms with Crippen LogP contribution in [0, 0.1) is 5.82 Å². The molecule has 20 heavy (non-hydrogen) atoms. The summed E-state index contributed by atoms with van der Waals surface area (Å²) in [6.07, 6.45) is 1.47. The third kappa shape index (κ3) is 2.47. The Morgan fingerprint density at radius 1 is 1.10 bits per heavy atom. The largest absolute Gasteiger partial charge is 0.464 e. The molecular weight excluding hydrogens is 275 g/mol. The Morgan fingerprint density at radius 3 is 2.70 bits per heavy atom. The maximum absolute atomic E-state index is 13.5. The first kappa shape index (κ1) is 12.9. The number of thioether (sulfide) groups is 1. The van der Waals surface area contributed by atoms with Crippen molar-refractivity contribution in [3.63, 3.8) is 0 Å². The number of fused-ring (bicyclic) bond motifs is 1. The van der Waals surface area contributed by atoms with Gasteiger partial charge in [0.15, 0.2) is 5.78 Å². The van der Waals surface area contributed by atoms with Gasteiger partial charge >= 0.3 is 0 Å². The third-order valence-corrected chi connectivity index (χ3v) is 4.03. The number of carbonyl (C=O) groups excluding carboxylic acids is 1. The number of halogens is 1. The van der Waals surface area contributed by atoms with E-state index in [2.05, 4.69) is 0 Å². The normalized spacial score (nSPS) is 10.8. The summed E-state index contributed by atoms with van der Waals surface area (Å²) in [5.41, 5.74) is 1.23. The van der Waals surface area contributed by atoms with E-state index < -0.39 is 0 Å². The maximum atomic E-state index is 13.5. The predicted molar refractivity (Wildman–Crippen MR) is 77.7 cm³/mol. The van der Waals surface area contributed by atoms with Crippen molar-refractivity contribution >= 4 is 28.5 Å². The van der Waals surface area contributed by atoms with Gasteiger partial charge in [0.2, 0.25) is 0 Å². The summed E-state index contributed by atoms with van der Waals surface area (Å²) in [4.78, 5) is 12.7. The molecule has 0 fully saturated rings. The van der Waals surface area contributed by atoms with Crippen LogP contribution < -0.4 is 0 Å². The van der Waals surface area contributed by atoms with Crippen LogP contribution in [0.15, 0.2) is 64.1 Å². The molecule has 100 valence electrons. The van der Waals surface area contributed by atoms with Gasteiger partial charge in [-0.15, -0.1) is 11.8 Å². The summed E-state index contributed by atoms with van der Waals surface area (Å²) in [5.74, 6) is -0.185. The molecule has 0 aliphatic heterocycles. The van der Waals surface area contributed by atoms with Crippen LogP contribution in [0.3, 0.4) is 0 Å². The first-order valence-corrected chi connectivity index (χ1v) is 7.11. The fraction of sp³-hybridized carbons (Fsp3) is 0.0625. The molecule has 0 spiro atoms. The zero-order valence-electron chi connectivity index (χ0n) is 10.5. The molecule has 2 nitrogen and oxygen atoms in total. The second-order valence-electron chi connectivity index (χ2n) is 4.29. The lowest BCUT2D eigenvalue weighted by molar-refractivity contribution is 0.102. The number of para-hydroxylation sites is 1. The van der Waals surface area contributed by atoms with Crippen LogP contribution in [0.25, 0.3) is 11.0 Å². The summed E-state index contributed by atoms with van der Waals surface area (Å²) in [7, 11) is 0. The van der Waals surface area contributed by atoms with Crippen molar-refractivity contribution in [1.82, 2.24) is 0 Å². The predicted octanol–water partition coefficient (Wildman–Crippen LogP) is 4.55. The Kier molecular flexibility index (Phi) is 3.56. The summed E-state index contributed by atoms with van der Waals surface area (Å²) < 4.78 is 18.8. The minimum Gasteiger partial charge on any atom is -0.464 e. The van der Waals surface area contributed by atoms with Crippen LogP contribution in [0.4, 0.5) is 4.39 Å². The lowest BCUT2D eigenvalue weighted by Crippen LogP contribution is -2.01. The highest BCUT2D eigenvalue weighted by Gasteiger charge is 2.14. The Hall–Kier alpha value is -2.07. The van der Waals surface area contributed by atoms with Crippen LogP contribution >= 0.6 is 11.8 Å². The van der Waals surface area contributed by atoms with Gasteiger partial charge in [-0.1, -0.05) is 30.3 Å². The highest BCUT2D eigenvalue weighted by molar-refractivity contribution is 8.00. The van der Waals surface area contributed by atoms with Gasteiger partial charge in [-0.3, -0.25) is 4.79 Å². The highest BCUT2D eigenvalue weighted by Crippen LogP contribution is 2.25. The molecule has 0 saturated carbocycles. The van der Waals surface area contributed by atoms with Crippen molar-refractivity contribution < 1.29 is 13.6 Å². The van der Waals surface area contributed by atoms with Gasteiger partial charge in [-0.05, 0) is 18.2 Å². The number of Topliss-reactive ketones (excluding diaryl/α,β-unsaturated/α-hetero) is 1. The zero-order valence-corrected chi connectivity index (χ0v) is 11.3. The second-order valence-corrected chi connectivity index (χ2v) is 5.30. The molecule has 1 aromatic heterocycles. The standard InChI is InChI=1S/C16H11FO2S/c17-13-6-2-4-8-16(13)20-10-14(18)12-9-19-15-7-3-1-5-11(12)15/h1-9H,10H2. The van der Waals surface area contributed by atoms with Crippen LogP contribution in [0.1, 0.15) is 10.4 Å². The summed E-state index contributed by atoms with van der Waals surface area (Å²) >= 11 is 1.20. The van der Waals surface area contributed by atoms with Gasteiger partial charge in [0, 0.05) is 10.3 Å². The summed E-state index contributed by atoms with van der Waals surface area (Å²) in [6.45, 7) is 0. The van der Waals surface area contributed by atoms with Crippen LogP contribution in [-0.2, 0) is 0 Å². The molecule has 3 rings (SSSR count). The fourth-order valence-corrected chi connectivity index (χ4v) is 2.80. The number of hydrogen-bond donors (Lipinski definition) is 0. The van der Waals surface area contributed by atoms with Gasteiger partial charge in [-0.25, -0.2) is 4.39 Å². The summed E-state index contributed by atoms with van der Waals surface area (Å²) in [6, 6.07) is 13.8. The molecule has 0 bridgehead atoms. The Balaban J connectivity index is 1.79. The van der Waals surface area contributed by atoms with E-state index in [1.165, 1.54) is 24.1 Å². The molecule has 1 heterocycles. The molecule has 3 aromatic rings. The van der Waals surface area contributed by atoms with Crippen molar-refractivity contribution in [2.45, 2.75) is 4.90 Å². The number of rotatable bonds is 4. The average molecular weight is 286 g/mol. The number of ketones is 1. The van der Waals surface area contributed by atoms with Gasteiger partial charge in [-0.2, -0.15) is 0 Å². The topological polar surface area (TPSA) is 30.2 Å². The van der Waals surface area contributed by atoms with Gasteiger partial charge in [0.25, 0.3) is 0 Å². The van der Waals surface area contributed by atoms with Crippen molar-refractivity contribution in [2.75, 3.05) is 5.75 Å². The SMILES string of the molecule is O=C(CSc1ccccc1F)c1coc2ccccc12. The maximum Gasteiger partial charge on any atom is 0.176 e. The van der Waals surface area contributed by atoms with Crippen LogP contribution in [0.5, 0.6) is 0 Å². The van der Waals surface area contributed by atoms with Gasteiger partial charge in [0.05, 0.1) is 11.3 Å². The van der Waals surface area contributed by atoms with Crippen molar-refractivity contribution in [2.24, 2.45) is 0 Å². The Bertz CT molecular complexity index is 764. The van der Waals surface area contributed by atoms with E-state index in [0.29, 0.717) is 16.0 Å². The molecule has 0 aliphatic rings. The van der Waals surface area contributed by atoms with Crippen molar-refractivity contribution in [3.05, 3.63) is 66.2 Å². The van der Waals surface area contributed by atoms with E-state index in [4.69, 9.17) is 4.42 Å². The Labute approximate surface area is 119 Å². The zero-order chi connectivity index (χ0) is 13.9. The molecule has 0 amide bonds. The molecule has 0 unspecified atom stereocenters. The van der Waals surface area contributed by atoms with Crippen molar-refractivity contribution in [3.8, 4) is 0 Å². The highest BCUT2D eigenvalue weighted by atomic mass is 32.2. The monoisotopic (exact) mass is 286 g/mol. The quantitative estimate of drug-likeness (QED) is 0.521. The number of hydrogen-bond acceptors (Lipinski definition) is 3. The molecule has 0 saturated heterocycles. The number of furan rings is 1. The number of benzene rings is 2. The van der Waals surface area contributed by atoms with Gasteiger partial charge < -0.3 is 4.42 Å². The van der Waals surface area contributed by atoms with E-state index in [1.807, 2.05) is 24.3 Å². The van der Waals surface area contributed by atoms with E-state index in [-0.39, 0.29) is 17.4 Å². The molecule has 2 aromatic carbocycles. The van der Waals surface area contributed by atoms with E-state index in [9.17, 15) is 9.18 Å². The molecule has 0 atom stereocenters. The lowest BCUT2D eigenvalue weighted by atomic mass is 10.1. The van der Waals surface area contributed by atoms with E-state index in [0.717, 1.165) is 5.39 Å². The lowest BCUT2D eigenvalue weighted by Gasteiger charge is -2.01. The summed E-state index contributed by atoms with van der Waals surface area (Å²) in [5, 5.41) is 0.798. The molecule has 0 radical (unpaired) electrons. The minimum absolute atomic E-state index is 0.0665. The van der Waals surface area contributed by atoms with Crippen LogP contribution in [-0.4, -0.2) is 11.5 Å². The first-order chi connectivity index (χ1) is 9.75. The third-order valence-electron chi connectivity index (χ3n) is 2.98. The molecule has 0 N–H and O–H groups in total. The molecule has 4 heteroatoms. The van der Waals surface area contributed by atoms with Crippen LogP contribution in [0.2, 0.25) is 0 Å². The molecular formula is C16H11FO2S. The molecule has 0 aliphatic carbocycles. The second kappa shape index (κ2) is 5.51. The number of carbonyl (C=O) groups is 1. The minimum atomic E-state index is -0.303. The van der Waals surface area contributed by atoms with E-state index in [1.54, 1.807) is 18.2 Å². The van der Waals surface area contributed by atoms with Gasteiger partial charge in [0.1, 0.15) is 17.7 Å². The average Bonchev–Trinajstić information content (AvgIpc) is 2.90. The smallest absolute Gasteiger partial charge is 0.176 e.